The second-order valence-electron chi connectivity index (χ2n) is 4.25. The van der Waals surface area contributed by atoms with E-state index in [4.69, 9.17) is 10.9 Å². The number of sulfonamides is 1. The Morgan fingerprint density at radius 1 is 1.32 bits per heavy atom. The van der Waals surface area contributed by atoms with Crippen LogP contribution in [0.1, 0.15) is 26.2 Å². The number of aromatic nitrogens is 4. The standard InChI is InChI=1S/C10H16N6O2S/c1-2-3-4-5-16-6-13-7-8(16)14-10(11)15-9(7)19(12,17)18/h6H,2-5H2,1H3,(H2,11,14,15)(H2,12,17,18). The summed E-state index contributed by atoms with van der Waals surface area (Å²) >= 11 is 0. The Bertz CT molecular complexity index is 693. The summed E-state index contributed by atoms with van der Waals surface area (Å²) in [5, 5.41) is 4.77. The molecule has 2 aromatic heterocycles. The number of rotatable bonds is 5. The van der Waals surface area contributed by atoms with Gasteiger partial charge in [0.15, 0.2) is 5.65 Å². The van der Waals surface area contributed by atoms with Crippen LogP contribution in [0.15, 0.2) is 11.4 Å². The van der Waals surface area contributed by atoms with E-state index < -0.39 is 10.0 Å². The highest BCUT2D eigenvalue weighted by atomic mass is 32.2. The fraction of sp³-hybridized carbons (Fsp3) is 0.500. The Balaban J connectivity index is 2.51. The number of aryl methyl sites for hydroxylation is 1. The molecule has 0 amide bonds. The van der Waals surface area contributed by atoms with Crippen LogP contribution in [0.2, 0.25) is 0 Å². The smallest absolute Gasteiger partial charge is 0.258 e. The van der Waals surface area contributed by atoms with Crippen LogP contribution in [0.5, 0.6) is 0 Å². The highest BCUT2D eigenvalue weighted by molar-refractivity contribution is 7.89. The van der Waals surface area contributed by atoms with E-state index >= 15 is 0 Å². The lowest BCUT2D eigenvalue weighted by atomic mass is 10.2. The van der Waals surface area contributed by atoms with Gasteiger partial charge in [0.25, 0.3) is 10.0 Å². The van der Waals surface area contributed by atoms with Gasteiger partial charge < -0.3 is 10.3 Å². The monoisotopic (exact) mass is 284 g/mol. The van der Waals surface area contributed by atoms with E-state index in [1.54, 1.807) is 4.57 Å². The number of hydrogen-bond acceptors (Lipinski definition) is 6. The van der Waals surface area contributed by atoms with Gasteiger partial charge in [-0.05, 0) is 6.42 Å². The lowest BCUT2D eigenvalue weighted by molar-refractivity contribution is 0.594. The Hall–Kier alpha value is -1.74. The molecule has 19 heavy (non-hydrogen) atoms. The van der Waals surface area contributed by atoms with Crippen LogP contribution in [-0.2, 0) is 16.6 Å². The molecule has 8 nitrogen and oxygen atoms in total. The van der Waals surface area contributed by atoms with Crippen LogP contribution in [0.25, 0.3) is 11.2 Å². The van der Waals surface area contributed by atoms with Crippen molar-refractivity contribution in [1.82, 2.24) is 19.5 Å². The van der Waals surface area contributed by atoms with Crippen LogP contribution >= 0.6 is 0 Å². The average Bonchev–Trinajstić information content (AvgIpc) is 2.70. The van der Waals surface area contributed by atoms with Gasteiger partial charge >= 0.3 is 0 Å². The Kier molecular flexibility index (Phi) is 3.67. The van der Waals surface area contributed by atoms with Crippen molar-refractivity contribution in [2.75, 3.05) is 5.73 Å². The molecule has 0 saturated heterocycles. The first kappa shape index (κ1) is 13.7. The summed E-state index contributed by atoms with van der Waals surface area (Å²) in [6.45, 7) is 2.80. The molecule has 2 aromatic rings. The van der Waals surface area contributed by atoms with Gasteiger partial charge in [0, 0.05) is 6.54 Å². The summed E-state index contributed by atoms with van der Waals surface area (Å²) in [6, 6.07) is 0. The number of unbranched alkanes of at least 4 members (excludes halogenated alkanes) is 2. The van der Waals surface area contributed by atoms with Gasteiger partial charge in [0.1, 0.15) is 5.52 Å². The maximum Gasteiger partial charge on any atom is 0.258 e. The topological polar surface area (TPSA) is 130 Å². The first-order valence-electron chi connectivity index (χ1n) is 5.94. The van der Waals surface area contributed by atoms with Crippen LogP contribution in [0.4, 0.5) is 5.95 Å². The van der Waals surface area contributed by atoms with E-state index in [0.717, 1.165) is 19.3 Å². The molecule has 0 aliphatic rings. The van der Waals surface area contributed by atoms with Crippen LogP contribution in [0, 0.1) is 0 Å². The first-order chi connectivity index (χ1) is 8.93. The molecule has 0 spiro atoms. The largest absolute Gasteiger partial charge is 0.368 e. The molecule has 0 fully saturated rings. The number of nitrogen functional groups attached to an aromatic ring is 1. The molecule has 0 saturated carbocycles. The molecule has 0 aliphatic heterocycles. The average molecular weight is 284 g/mol. The van der Waals surface area contributed by atoms with Crippen molar-refractivity contribution in [2.45, 2.75) is 37.8 Å². The summed E-state index contributed by atoms with van der Waals surface area (Å²) < 4.78 is 24.7. The zero-order valence-corrected chi connectivity index (χ0v) is 11.4. The molecule has 4 N–H and O–H groups in total. The fourth-order valence-corrected chi connectivity index (χ4v) is 2.46. The lowest BCUT2D eigenvalue weighted by Crippen LogP contribution is -2.16. The number of anilines is 1. The summed E-state index contributed by atoms with van der Waals surface area (Å²) in [6.07, 6.45) is 4.65. The fourth-order valence-electron chi connectivity index (χ4n) is 1.83. The normalized spacial score (nSPS) is 12.1. The SMILES string of the molecule is CCCCCn1cnc2c(S(N)(=O)=O)nc(N)nc21. The van der Waals surface area contributed by atoms with Crippen LogP contribution < -0.4 is 10.9 Å². The Morgan fingerprint density at radius 3 is 2.68 bits per heavy atom. The minimum atomic E-state index is -3.97. The van der Waals surface area contributed by atoms with Gasteiger partial charge in [-0.3, -0.25) is 0 Å². The van der Waals surface area contributed by atoms with Gasteiger partial charge in [-0.15, -0.1) is 0 Å². The molecule has 0 unspecified atom stereocenters. The van der Waals surface area contributed by atoms with E-state index in [9.17, 15) is 8.42 Å². The van der Waals surface area contributed by atoms with E-state index in [1.165, 1.54) is 6.33 Å². The highest BCUT2D eigenvalue weighted by Gasteiger charge is 2.20. The molecular weight excluding hydrogens is 268 g/mol. The zero-order chi connectivity index (χ0) is 14.0. The second-order valence-corrected chi connectivity index (χ2v) is 5.73. The molecule has 2 heterocycles. The van der Waals surface area contributed by atoms with Gasteiger partial charge in [-0.1, -0.05) is 19.8 Å². The van der Waals surface area contributed by atoms with Gasteiger partial charge in [0.05, 0.1) is 6.33 Å². The molecule has 104 valence electrons. The predicted molar refractivity (Wildman–Crippen MR) is 70.6 cm³/mol. The molecule has 0 aromatic carbocycles. The van der Waals surface area contributed by atoms with Crippen molar-refractivity contribution in [2.24, 2.45) is 5.14 Å². The number of fused-ring (bicyclic) bond motifs is 1. The minimum Gasteiger partial charge on any atom is -0.368 e. The third-order valence-electron chi connectivity index (χ3n) is 2.72. The maximum absolute atomic E-state index is 11.5. The third-order valence-corrected chi connectivity index (χ3v) is 3.54. The Morgan fingerprint density at radius 2 is 2.05 bits per heavy atom. The maximum atomic E-state index is 11.5. The molecule has 2 rings (SSSR count). The summed E-state index contributed by atoms with van der Waals surface area (Å²) in [7, 11) is -3.97. The minimum absolute atomic E-state index is 0.131. The van der Waals surface area contributed by atoms with Gasteiger partial charge in [-0.2, -0.15) is 9.97 Å². The van der Waals surface area contributed by atoms with E-state index in [-0.39, 0.29) is 16.5 Å². The molecule has 0 radical (unpaired) electrons. The third kappa shape index (κ3) is 2.82. The van der Waals surface area contributed by atoms with Gasteiger partial charge in [0.2, 0.25) is 11.0 Å². The highest BCUT2D eigenvalue weighted by Crippen LogP contribution is 2.19. The molecular formula is C10H16N6O2S. The Labute approximate surface area is 110 Å². The molecule has 0 atom stereocenters. The van der Waals surface area contributed by atoms with Crippen LogP contribution in [-0.4, -0.2) is 27.9 Å². The van der Waals surface area contributed by atoms with E-state index in [2.05, 4.69) is 21.9 Å². The molecule has 0 bridgehead atoms. The van der Waals surface area contributed by atoms with E-state index in [1.807, 2.05) is 0 Å². The van der Waals surface area contributed by atoms with E-state index in [0.29, 0.717) is 12.2 Å². The van der Waals surface area contributed by atoms with Crippen molar-refractivity contribution >= 4 is 27.1 Å². The summed E-state index contributed by atoms with van der Waals surface area (Å²) in [5.74, 6) is -0.131. The number of imidazole rings is 1. The summed E-state index contributed by atoms with van der Waals surface area (Å²) in [4.78, 5) is 11.7. The van der Waals surface area contributed by atoms with Gasteiger partial charge in [-0.25, -0.2) is 18.5 Å². The van der Waals surface area contributed by atoms with Crippen LogP contribution in [0.3, 0.4) is 0 Å². The molecule has 9 heteroatoms. The van der Waals surface area contributed by atoms with Crippen molar-refractivity contribution in [3.63, 3.8) is 0 Å². The number of nitrogens with zero attached hydrogens (tertiary/aromatic N) is 4. The first-order valence-corrected chi connectivity index (χ1v) is 7.49. The predicted octanol–water partition coefficient (Wildman–Crippen LogP) is 0.246. The number of nitrogens with two attached hydrogens (primary N) is 2. The second kappa shape index (κ2) is 5.10. The summed E-state index contributed by atoms with van der Waals surface area (Å²) in [5.41, 5.74) is 6.08. The zero-order valence-electron chi connectivity index (χ0n) is 10.6. The number of primary sulfonamides is 1. The van der Waals surface area contributed by atoms with Crippen molar-refractivity contribution < 1.29 is 8.42 Å². The molecule has 0 aliphatic carbocycles. The quantitative estimate of drug-likeness (QED) is 0.597. The van der Waals surface area contributed by atoms with Crippen molar-refractivity contribution in [3.8, 4) is 0 Å². The van der Waals surface area contributed by atoms with Crippen molar-refractivity contribution in [1.29, 1.82) is 0 Å². The number of hydrogen-bond donors (Lipinski definition) is 2. The van der Waals surface area contributed by atoms with Crippen molar-refractivity contribution in [3.05, 3.63) is 6.33 Å². The lowest BCUT2D eigenvalue weighted by Gasteiger charge is -2.04.